The van der Waals surface area contributed by atoms with Crippen molar-refractivity contribution in [3.8, 4) is 0 Å². The topological polar surface area (TPSA) is 20.3 Å². The van der Waals surface area contributed by atoms with Gasteiger partial charge in [0.15, 0.2) is 0 Å². The van der Waals surface area contributed by atoms with E-state index in [1.165, 1.54) is 0 Å². The Morgan fingerprint density at radius 2 is 2.33 bits per heavy atom. The zero-order valence-electron chi connectivity index (χ0n) is 5.28. The quantitative estimate of drug-likeness (QED) is 0.488. The lowest BCUT2D eigenvalue weighted by molar-refractivity contribution is 0.577. The van der Waals surface area contributed by atoms with Gasteiger partial charge in [0.2, 0.25) is 0 Å². The van der Waals surface area contributed by atoms with Crippen LogP contribution in [0.2, 0.25) is 0 Å². The van der Waals surface area contributed by atoms with E-state index in [0.717, 1.165) is 6.54 Å². The van der Waals surface area contributed by atoms with Gasteiger partial charge in [0.25, 0.3) is 0 Å². The summed E-state index contributed by atoms with van der Waals surface area (Å²) in [5.41, 5.74) is 0. The molecule has 9 heavy (non-hydrogen) atoms. The van der Waals surface area contributed by atoms with Crippen LogP contribution < -0.4 is 0 Å². The molecule has 1 rings (SSSR count). The van der Waals surface area contributed by atoms with Gasteiger partial charge in [-0.2, -0.15) is 0 Å². The van der Waals surface area contributed by atoms with Crippen LogP contribution in [0.3, 0.4) is 0 Å². The van der Waals surface area contributed by atoms with Crippen LogP contribution in [0.1, 0.15) is 0 Å². The molecule has 0 aromatic rings. The van der Waals surface area contributed by atoms with E-state index in [0.29, 0.717) is 0 Å². The van der Waals surface area contributed by atoms with Crippen molar-refractivity contribution >= 4 is 11.0 Å². The second-order valence-corrected chi connectivity index (χ2v) is 3.29. The van der Waals surface area contributed by atoms with Crippen molar-refractivity contribution in [3.05, 3.63) is 23.6 Å². The van der Waals surface area contributed by atoms with Crippen molar-refractivity contribution in [2.75, 3.05) is 13.6 Å². The normalized spacial score (nSPS) is 28.3. The first-order valence-corrected chi connectivity index (χ1v) is 3.93. The molecule has 1 aliphatic heterocycles. The van der Waals surface area contributed by atoms with Crippen molar-refractivity contribution < 1.29 is 4.21 Å². The zero-order valence-corrected chi connectivity index (χ0v) is 6.10. The Balaban J connectivity index is 2.69. The third-order valence-electron chi connectivity index (χ3n) is 1.11. The average molecular weight is 143 g/mol. The third-order valence-corrected chi connectivity index (χ3v) is 2.27. The maximum absolute atomic E-state index is 10.9. The molecule has 0 aliphatic carbocycles. The Kier molecular flexibility index (Phi) is 2.19. The van der Waals surface area contributed by atoms with Crippen molar-refractivity contribution in [1.29, 1.82) is 0 Å². The summed E-state index contributed by atoms with van der Waals surface area (Å²) in [6.45, 7) is 0.764. The summed E-state index contributed by atoms with van der Waals surface area (Å²) in [6.07, 6.45) is 5.68. The summed E-state index contributed by atoms with van der Waals surface area (Å²) in [6, 6.07) is 0. The molecular formula is C6H9NOS. The second kappa shape index (κ2) is 2.94. The third kappa shape index (κ3) is 1.77. The molecule has 3 heteroatoms. The molecule has 0 radical (unpaired) electrons. The van der Waals surface area contributed by atoms with Gasteiger partial charge in [-0.3, -0.25) is 0 Å². The molecule has 1 atom stereocenters. The average Bonchev–Trinajstić information content (AvgIpc) is 1.99. The molecule has 1 heterocycles. The number of nitrogens with zero attached hydrogens (tertiary/aromatic N) is 1. The molecule has 0 saturated heterocycles. The molecule has 0 aromatic carbocycles. The predicted molar refractivity (Wildman–Crippen MR) is 39.1 cm³/mol. The van der Waals surface area contributed by atoms with Crippen LogP contribution in [0.25, 0.3) is 0 Å². The van der Waals surface area contributed by atoms with Crippen LogP contribution in [0.15, 0.2) is 23.6 Å². The van der Waals surface area contributed by atoms with Crippen molar-refractivity contribution in [1.82, 2.24) is 4.31 Å². The van der Waals surface area contributed by atoms with Crippen molar-refractivity contribution in [2.24, 2.45) is 0 Å². The monoisotopic (exact) mass is 143 g/mol. The van der Waals surface area contributed by atoms with Gasteiger partial charge in [0.05, 0.1) is 0 Å². The van der Waals surface area contributed by atoms with E-state index in [9.17, 15) is 4.21 Å². The minimum Gasteiger partial charge on any atom is -0.238 e. The van der Waals surface area contributed by atoms with Crippen LogP contribution in [0.4, 0.5) is 0 Å². The fourth-order valence-corrected chi connectivity index (χ4v) is 1.24. The van der Waals surface area contributed by atoms with Crippen LogP contribution in [-0.4, -0.2) is 22.1 Å². The van der Waals surface area contributed by atoms with Crippen LogP contribution in [0.5, 0.6) is 0 Å². The lowest BCUT2D eigenvalue weighted by Gasteiger charge is -2.07. The Morgan fingerprint density at radius 3 is 3.11 bits per heavy atom. The fraction of sp³-hybridized carbons (Fsp3) is 0.333. The Bertz CT molecular complexity index is 174. The molecule has 0 amide bonds. The second-order valence-electron chi connectivity index (χ2n) is 1.84. The highest BCUT2D eigenvalue weighted by atomic mass is 32.2. The van der Waals surface area contributed by atoms with Crippen molar-refractivity contribution in [2.45, 2.75) is 0 Å². The molecule has 0 aromatic heterocycles. The molecular weight excluding hydrogens is 134 g/mol. The van der Waals surface area contributed by atoms with Crippen LogP contribution in [0, 0.1) is 0 Å². The summed E-state index contributed by atoms with van der Waals surface area (Å²) < 4.78 is 12.7. The van der Waals surface area contributed by atoms with Gasteiger partial charge in [-0.05, 0) is 0 Å². The molecule has 0 N–H and O–H groups in total. The largest absolute Gasteiger partial charge is 0.238 e. The number of hydrogen-bond acceptors (Lipinski definition) is 1. The fourth-order valence-electron chi connectivity index (χ4n) is 0.578. The Labute approximate surface area is 57.4 Å². The van der Waals surface area contributed by atoms with E-state index in [2.05, 4.69) is 0 Å². The van der Waals surface area contributed by atoms with E-state index >= 15 is 0 Å². The highest BCUT2D eigenvalue weighted by Crippen LogP contribution is 1.97. The minimum absolute atomic E-state index is 0.764. The highest BCUT2D eigenvalue weighted by Gasteiger charge is 2.01. The van der Waals surface area contributed by atoms with E-state index in [1.54, 1.807) is 15.8 Å². The SMILES string of the molecule is CN1CC=CC=CS1=O. The molecule has 2 nitrogen and oxygen atoms in total. The van der Waals surface area contributed by atoms with E-state index < -0.39 is 11.0 Å². The molecule has 1 aliphatic rings. The van der Waals surface area contributed by atoms with Gasteiger partial charge in [-0.1, -0.05) is 18.2 Å². The van der Waals surface area contributed by atoms with Crippen molar-refractivity contribution in [3.63, 3.8) is 0 Å². The molecule has 50 valence electrons. The Morgan fingerprint density at radius 1 is 1.56 bits per heavy atom. The highest BCUT2D eigenvalue weighted by molar-refractivity contribution is 7.85. The zero-order chi connectivity index (χ0) is 6.69. The maximum Gasteiger partial charge on any atom is 0.120 e. The van der Waals surface area contributed by atoms with Crippen LogP contribution >= 0.6 is 0 Å². The number of likely N-dealkylation sites (N-methyl/N-ethyl adjacent to an activating group) is 1. The molecule has 0 spiro atoms. The number of allylic oxidation sites excluding steroid dienone is 2. The van der Waals surface area contributed by atoms with Gasteiger partial charge in [-0.15, -0.1) is 0 Å². The van der Waals surface area contributed by atoms with E-state index in [-0.39, 0.29) is 0 Å². The summed E-state index contributed by atoms with van der Waals surface area (Å²) in [7, 11) is 0.917. The summed E-state index contributed by atoms with van der Waals surface area (Å²) >= 11 is 0. The molecule has 1 unspecified atom stereocenters. The molecule has 0 bridgehead atoms. The number of rotatable bonds is 0. The smallest absolute Gasteiger partial charge is 0.120 e. The standard InChI is InChI=1S/C6H9NOS/c1-7-5-3-2-4-6-9(7)8/h2-4,6H,5H2,1H3. The lowest BCUT2D eigenvalue weighted by atomic mass is 10.5. The van der Waals surface area contributed by atoms with Crippen LogP contribution in [-0.2, 0) is 11.0 Å². The first kappa shape index (κ1) is 6.71. The van der Waals surface area contributed by atoms with Gasteiger partial charge < -0.3 is 0 Å². The van der Waals surface area contributed by atoms with Gasteiger partial charge in [0, 0.05) is 19.0 Å². The lowest BCUT2D eigenvalue weighted by Crippen LogP contribution is -2.18. The van der Waals surface area contributed by atoms with Gasteiger partial charge in [0.1, 0.15) is 11.0 Å². The number of hydrogen-bond donors (Lipinski definition) is 0. The summed E-state index contributed by atoms with van der Waals surface area (Å²) in [5, 5.41) is 1.67. The van der Waals surface area contributed by atoms with Gasteiger partial charge in [-0.25, -0.2) is 8.51 Å². The first-order valence-electron chi connectivity index (χ1n) is 2.76. The Hall–Kier alpha value is -0.410. The maximum atomic E-state index is 10.9. The molecule has 0 fully saturated rings. The summed E-state index contributed by atoms with van der Waals surface area (Å²) in [4.78, 5) is 0. The minimum atomic E-state index is -0.912. The van der Waals surface area contributed by atoms with E-state index in [1.807, 2.05) is 19.2 Å². The van der Waals surface area contributed by atoms with E-state index in [4.69, 9.17) is 0 Å². The van der Waals surface area contributed by atoms with Gasteiger partial charge >= 0.3 is 0 Å². The summed E-state index contributed by atoms with van der Waals surface area (Å²) in [5.74, 6) is 0. The molecule has 0 saturated carbocycles. The first-order chi connectivity index (χ1) is 4.30. The predicted octanol–water partition coefficient (Wildman–Crippen LogP) is 0.665.